The van der Waals surface area contributed by atoms with Gasteiger partial charge in [-0.25, -0.2) is 9.37 Å². The summed E-state index contributed by atoms with van der Waals surface area (Å²) in [5, 5.41) is 12.3. The monoisotopic (exact) mass is 492 g/mol. The van der Waals surface area contributed by atoms with E-state index in [1.54, 1.807) is 37.5 Å². The molecule has 9 nitrogen and oxygen atoms in total. The number of hydrogen-bond acceptors (Lipinski definition) is 6. The second kappa shape index (κ2) is 9.59. The third kappa shape index (κ3) is 4.47. The molecule has 0 aliphatic carbocycles. The van der Waals surface area contributed by atoms with Gasteiger partial charge in [-0.2, -0.15) is 0 Å². The molecular formula is C24H22ClFN8O. The molecule has 3 N–H and O–H groups in total. The number of halogens is 2. The van der Waals surface area contributed by atoms with Gasteiger partial charge < -0.3 is 24.9 Å². The van der Waals surface area contributed by atoms with Gasteiger partial charge in [0.05, 0.1) is 10.7 Å². The molecule has 0 amide bonds. The highest BCUT2D eigenvalue weighted by atomic mass is 35.5. The number of aliphatic imine (C=N–C) groups is 1. The maximum atomic E-state index is 13.9. The Morgan fingerprint density at radius 1 is 1.29 bits per heavy atom. The van der Waals surface area contributed by atoms with Gasteiger partial charge in [0.25, 0.3) is 0 Å². The Balaban J connectivity index is 1.42. The Labute approximate surface area is 205 Å². The van der Waals surface area contributed by atoms with E-state index in [-0.39, 0.29) is 12.4 Å². The van der Waals surface area contributed by atoms with Crippen LogP contribution in [0, 0.1) is 5.82 Å². The van der Waals surface area contributed by atoms with Crippen LogP contribution < -0.4 is 15.8 Å². The molecule has 1 aromatic carbocycles. The van der Waals surface area contributed by atoms with Crippen molar-refractivity contribution in [3.05, 3.63) is 77.7 Å². The number of amidine groups is 1. The number of rotatable bonds is 6. The molecule has 3 aromatic heterocycles. The van der Waals surface area contributed by atoms with Gasteiger partial charge in [0.1, 0.15) is 18.3 Å². The molecule has 0 fully saturated rings. The van der Waals surface area contributed by atoms with Crippen LogP contribution in [-0.2, 0) is 19.7 Å². The second-order valence-corrected chi connectivity index (χ2v) is 8.17. The number of nitrogens with zero attached hydrogens (tertiary/aromatic N) is 6. The van der Waals surface area contributed by atoms with Gasteiger partial charge in [-0.1, -0.05) is 23.7 Å². The van der Waals surface area contributed by atoms with Crippen LogP contribution in [0.15, 0.2) is 66.1 Å². The summed E-state index contributed by atoms with van der Waals surface area (Å²) in [6.45, 7) is 1.50. The SMILES string of the molecule is CN=C(C=CN)Nc1cc(-c2cc3n(c2)CCn2c(COc4ccccc4F)nnc2-3)c(Cl)cn1. The number of ether oxygens (including phenoxy) is 1. The summed E-state index contributed by atoms with van der Waals surface area (Å²) in [7, 11) is 1.66. The normalized spacial score (nSPS) is 13.1. The summed E-state index contributed by atoms with van der Waals surface area (Å²) in [5.41, 5.74) is 8.10. The van der Waals surface area contributed by atoms with E-state index in [9.17, 15) is 4.39 Å². The fourth-order valence-electron chi connectivity index (χ4n) is 3.93. The fraction of sp³-hybridized carbons (Fsp3) is 0.167. The van der Waals surface area contributed by atoms with Gasteiger partial charge in [0.2, 0.25) is 0 Å². The molecule has 0 radical (unpaired) electrons. The van der Waals surface area contributed by atoms with Crippen LogP contribution in [-0.4, -0.2) is 37.2 Å². The van der Waals surface area contributed by atoms with E-state index in [2.05, 4.69) is 30.1 Å². The van der Waals surface area contributed by atoms with E-state index in [0.717, 1.165) is 23.4 Å². The summed E-state index contributed by atoms with van der Waals surface area (Å²) in [6.07, 6.45) is 6.67. The Hall–Kier alpha value is -4.18. The van der Waals surface area contributed by atoms with Crippen LogP contribution in [0.5, 0.6) is 5.75 Å². The molecule has 4 heterocycles. The molecule has 1 aliphatic rings. The number of benzene rings is 1. The van der Waals surface area contributed by atoms with E-state index in [1.165, 1.54) is 12.3 Å². The minimum absolute atomic E-state index is 0.116. The number of pyridine rings is 1. The summed E-state index contributed by atoms with van der Waals surface area (Å²) >= 11 is 6.50. The summed E-state index contributed by atoms with van der Waals surface area (Å²) in [5.74, 6) is 2.27. The molecule has 0 spiro atoms. The largest absolute Gasteiger partial charge is 0.483 e. The standard InChI is InChI=1S/C24H22ClFN8O/c1-28-21(6-7-27)30-22-11-16(17(25)12-29-22)15-10-19-24-32-31-23(34(24)9-8-33(19)13-15)14-35-20-5-3-2-4-18(20)26/h2-7,10-13H,8-9,14,27H2,1H3,(H,28,29,30). The number of aromatic nitrogens is 5. The molecule has 0 saturated heterocycles. The predicted molar refractivity (Wildman–Crippen MR) is 133 cm³/mol. The van der Waals surface area contributed by atoms with Crippen molar-refractivity contribution in [3.63, 3.8) is 0 Å². The predicted octanol–water partition coefficient (Wildman–Crippen LogP) is 4.11. The van der Waals surface area contributed by atoms with Gasteiger partial charge in [0, 0.05) is 43.7 Å². The number of fused-ring (bicyclic) bond motifs is 3. The Morgan fingerprint density at radius 3 is 2.94 bits per heavy atom. The summed E-state index contributed by atoms with van der Waals surface area (Å²) in [4.78, 5) is 8.46. The maximum absolute atomic E-state index is 13.9. The third-order valence-electron chi connectivity index (χ3n) is 5.63. The minimum Gasteiger partial charge on any atom is -0.483 e. The number of nitrogens with two attached hydrogens (primary N) is 1. The van der Waals surface area contributed by atoms with Crippen LogP contribution in [0.4, 0.5) is 10.2 Å². The molecule has 5 rings (SSSR count). The molecule has 11 heteroatoms. The zero-order valence-electron chi connectivity index (χ0n) is 18.8. The zero-order chi connectivity index (χ0) is 24.4. The van der Waals surface area contributed by atoms with Crippen molar-refractivity contribution < 1.29 is 9.13 Å². The molecular weight excluding hydrogens is 471 g/mol. The van der Waals surface area contributed by atoms with Crippen LogP contribution in [0.25, 0.3) is 22.6 Å². The lowest BCUT2D eigenvalue weighted by atomic mass is 10.1. The Morgan fingerprint density at radius 2 is 2.14 bits per heavy atom. The van der Waals surface area contributed by atoms with E-state index in [1.807, 2.05) is 22.9 Å². The third-order valence-corrected chi connectivity index (χ3v) is 5.93. The van der Waals surface area contributed by atoms with E-state index in [4.69, 9.17) is 22.1 Å². The first-order chi connectivity index (χ1) is 17.1. The highest BCUT2D eigenvalue weighted by Gasteiger charge is 2.24. The van der Waals surface area contributed by atoms with E-state index < -0.39 is 5.82 Å². The summed E-state index contributed by atoms with van der Waals surface area (Å²) < 4.78 is 23.6. The average molecular weight is 493 g/mol. The second-order valence-electron chi connectivity index (χ2n) is 7.76. The lowest BCUT2D eigenvalue weighted by Crippen LogP contribution is -2.18. The van der Waals surface area contributed by atoms with Gasteiger partial charge in [-0.15, -0.1) is 10.2 Å². The van der Waals surface area contributed by atoms with Crippen molar-refractivity contribution in [2.24, 2.45) is 10.7 Å². The lowest BCUT2D eigenvalue weighted by molar-refractivity contribution is 0.273. The molecule has 178 valence electrons. The fourth-order valence-corrected chi connectivity index (χ4v) is 4.14. The van der Waals surface area contributed by atoms with Gasteiger partial charge in [-0.05, 0) is 36.5 Å². The number of anilines is 1. The van der Waals surface area contributed by atoms with Crippen molar-refractivity contribution >= 4 is 23.3 Å². The minimum atomic E-state index is -0.413. The molecule has 0 unspecified atom stereocenters. The topological polar surface area (TPSA) is 108 Å². The smallest absolute Gasteiger partial charge is 0.180 e. The van der Waals surface area contributed by atoms with E-state index >= 15 is 0 Å². The number of hydrogen-bond donors (Lipinski definition) is 2. The zero-order valence-corrected chi connectivity index (χ0v) is 19.6. The van der Waals surface area contributed by atoms with Gasteiger partial charge in [0.15, 0.2) is 23.2 Å². The van der Waals surface area contributed by atoms with Gasteiger partial charge >= 0.3 is 0 Å². The highest BCUT2D eigenvalue weighted by molar-refractivity contribution is 6.33. The Bertz CT molecular complexity index is 1440. The first kappa shape index (κ1) is 22.6. The molecule has 0 atom stereocenters. The number of para-hydroxylation sites is 1. The van der Waals surface area contributed by atoms with E-state index in [0.29, 0.717) is 34.9 Å². The van der Waals surface area contributed by atoms with Crippen LogP contribution in [0.2, 0.25) is 5.02 Å². The van der Waals surface area contributed by atoms with Crippen molar-refractivity contribution in [2.75, 3.05) is 12.4 Å². The molecule has 0 saturated carbocycles. The molecule has 35 heavy (non-hydrogen) atoms. The number of nitrogens with one attached hydrogen (secondary N) is 1. The number of aryl methyl sites for hydroxylation is 1. The van der Waals surface area contributed by atoms with Crippen molar-refractivity contribution in [1.29, 1.82) is 0 Å². The van der Waals surface area contributed by atoms with Crippen LogP contribution in [0.3, 0.4) is 0 Å². The summed E-state index contributed by atoms with van der Waals surface area (Å²) in [6, 6.07) is 10.2. The molecule has 0 bridgehead atoms. The Kier molecular flexibility index (Phi) is 6.19. The van der Waals surface area contributed by atoms with Gasteiger partial charge in [-0.3, -0.25) is 4.99 Å². The average Bonchev–Trinajstić information content (AvgIpc) is 3.48. The van der Waals surface area contributed by atoms with Crippen LogP contribution in [0.1, 0.15) is 5.82 Å². The molecule has 1 aliphatic heterocycles. The molecule has 4 aromatic rings. The van der Waals surface area contributed by atoms with Crippen molar-refractivity contribution in [1.82, 2.24) is 24.3 Å². The first-order valence-electron chi connectivity index (χ1n) is 10.9. The highest BCUT2D eigenvalue weighted by Crippen LogP contribution is 2.35. The first-order valence-corrected chi connectivity index (χ1v) is 11.2. The van der Waals surface area contributed by atoms with Crippen molar-refractivity contribution in [2.45, 2.75) is 19.7 Å². The van der Waals surface area contributed by atoms with Crippen LogP contribution >= 0.6 is 11.6 Å². The lowest BCUT2D eigenvalue weighted by Gasteiger charge is -2.18. The van der Waals surface area contributed by atoms with Crippen molar-refractivity contribution in [3.8, 4) is 28.4 Å². The maximum Gasteiger partial charge on any atom is 0.180 e. The quantitative estimate of drug-likeness (QED) is 0.310.